The standard InChI is InChI=1S/C21H18N2O3/c1-25-18-8-6-15(7-9-18)14-26-19-10-17(11-22-12-19)23-13-16-4-2-3-5-20(16)21(23)24/h2-12H,13-14H2,1H3. The third kappa shape index (κ3) is 3.11. The van der Waals surface area contributed by atoms with Gasteiger partial charge in [-0.3, -0.25) is 9.78 Å². The fraction of sp³-hybridized carbons (Fsp3) is 0.143. The number of pyridine rings is 1. The molecule has 0 fully saturated rings. The summed E-state index contributed by atoms with van der Waals surface area (Å²) in [6, 6.07) is 17.2. The first-order chi connectivity index (χ1) is 12.7. The maximum atomic E-state index is 12.6. The van der Waals surface area contributed by atoms with Crippen LogP contribution in [0.25, 0.3) is 0 Å². The molecule has 0 saturated heterocycles. The van der Waals surface area contributed by atoms with Gasteiger partial charge < -0.3 is 14.4 Å². The van der Waals surface area contributed by atoms with Gasteiger partial charge >= 0.3 is 0 Å². The van der Waals surface area contributed by atoms with Gasteiger partial charge in [0.2, 0.25) is 0 Å². The molecule has 1 aromatic heterocycles. The number of rotatable bonds is 5. The fourth-order valence-electron chi connectivity index (χ4n) is 2.99. The van der Waals surface area contributed by atoms with Gasteiger partial charge in [0.05, 0.1) is 31.7 Å². The molecule has 0 spiro atoms. The maximum absolute atomic E-state index is 12.6. The lowest BCUT2D eigenvalue weighted by Gasteiger charge is -2.16. The van der Waals surface area contributed by atoms with Crippen LogP contribution in [0.3, 0.4) is 0 Å². The highest BCUT2D eigenvalue weighted by atomic mass is 16.5. The lowest BCUT2D eigenvalue weighted by molar-refractivity contribution is 0.0996. The van der Waals surface area contributed by atoms with Crippen LogP contribution in [-0.2, 0) is 13.2 Å². The second-order valence-electron chi connectivity index (χ2n) is 6.06. The van der Waals surface area contributed by atoms with Crippen LogP contribution in [0.2, 0.25) is 0 Å². The van der Waals surface area contributed by atoms with Gasteiger partial charge in [-0.05, 0) is 29.3 Å². The van der Waals surface area contributed by atoms with Gasteiger partial charge in [-0.1, -0.05) is 30.3 Å². The molecule has 4 rings (SSSR count). The average Bonchev–Trinajstić information content (AvgIpc) is 3.04. The predicted molar refractivity (Wildman–Crippen MR) is 98.5 cm³/mol. The van der Waals surface area contributed by atoms with Gasteiger partial charge in [0.15, 0.2) is 0 Å². The molecule has 1 aliphatic rings. The number of methoxy groups -OCH3 is 1. The monoisotopic (exact) mass is 346 g/mol. The largest absolute Gasteiger partial charge is 0.497 e. The van der Waals surface area contributed by atoms with Crippen molar-refractivity contribution in [2.75, 3.05) is 12.0 Å². The van der Waals surface area contributed by atoms with Gasteiger partial charge in [-0.15, -0.1) is 0 Å². The second-order valence-corrected chi connectivity index (χ2v) is 6.06. The number of hydrogen-bond acceptors (Lipinski definition) is 4. The lowest BCUT2D eigenvalue weighted by atomic mass is 10.1. The molecule has 26 heavy (non-hydrogen) atoms. The van der Waals surface area contributed by atoms with Crippen LogP contribution in [0.4, 0.5) is 5.69 Å². The molecule has 130 valence electrons. The van der Waals surface area contributed by atoms with Crippen LogP contribution in [-0.4, -0.2) is 18.0 Å². The number of fused-ring (bicyclic) bond motifs is 1. The summed E-state index contributed by atoms with van der Waals surface area (Å²) in [6.45, 7) is 0.974. The lowest BCUT2D eigenvalue weighted by Crippen LogP contribution is -2.23. The summed E-state index contributed by atoms with van der Waals surface area (Å²) in [5, 5.41) is 0. The SMILES string of the molecule is COc1ccc(COc2cncc(N3Cc4ccccc4C3=O)c2)cc1. The van der Waals surface area contributed by atoms with Gasteiger partial charge in [-0.2, -0.15) is 0 Å². The third-order valence-electron chi connectivity index (χ3n) is 4.40. The number of hydrogen-bond donors (Lipinski definition) is 0. The normalized spacial score (nSPS) is 12.8. The molecular formula is C21H18N2O3. The highest BCUT2D eigenvalue weighted by molar-refractivity contribution is 6.09. The Labute approximate surface area is 151 Å². The summed E-state index contributed by atoms with van der Waals surface area (Å²) in [7, 11) is 1.64. The first-order valence-corrected chi connectivity index (χ1v) is 8.35. The van der Waals surface area contributed by atoms with E-state index in [0.29, 0.717) is 18.9 Å². The minimum atomic E-state index is -0.00490. The van der Waals surface area contributed by atoms with Crippen molar-refractivity contribution in [3.8, 4) is 11.5 Å². The van der Waals surface area contributed by atoms with Crippen LogP contribution in [0.15, 0.2) is 67.0 Å². The van der Waals surface area contributed by atoms with Crippen molar-refractivity contribution in [3.05, 3.63) is 83.7 Å². The Bertz CT molecular complexity index is 938. The zero-order valence-corrected chi connectivity index (χ0v) is 14.4. The van der Waals surface area contributed by atoms with Gasteiger partial charge in [0.25, 0.3) is 5.91 Å². The minimum absolute atomic E-state index is 0.00490. The average molecular weight is 346 g/mol. The maximum Gasteiger partial charge on any atom is 0.258 e. The van der Waals surface area contributed by atoms with E-state index in [2.05, 4.69) is 4.98 Å². The van der Waals surface area contributed by atoms with E-state index in [4.69, 9.17) is 9.47 Å². The quantitative estimate of drug-likeness (QED) is 0.704. The van der Waals surface area contributed by atoms with E-state index < -0.39 is 0 Å². The Hall–Kier alpha value is -3.34. The Morgan fingerprint density at radius 1 is 1.04 bits per heavy atom. The van der Waals surface area contributed by atoms with Crippen molar-refractivity contribution in [1.29, 1.82) is 0 Å². The van der Waals surface area contributed by atoms with Crippen LogP contribution >= 0.6 is 0 Å². The summed E-state index contributed by atoms with van der Waals surface area (Å²) in [5.74, 6) is 1.43. The summed E-state index contributed by atoms with van der Waals surface area (Å²) < 4.78 is 11.0. The van der Waals surface area contributed by atoms with E-state index in [1.54, 1.807) is 24.4 Å². The summed E-state index contributed by atoms with van der Waals surface area (Å²) >= 11 is 0. The van der Waals surface area contributed by atoms with Crippen LogP contribution < -0.4 is 14.4 Å². The third-order valence-corrected chi connectivity index (χ3v) is 4.40. The molecule has 0 aliphatic carbocycles. The Morgan fingerprint density at radius 3 is 2.62 bits per heavy atom. The van der Waals surface area contributed by atoms with Gasteiger partial charge in [0.1, 0.15) is 18.1 Å². The summed E-state index contributed by atoms with van der Waals surface area (Å²) in [5.41, 5.74) is 3.54. The Balaban J connectivity index is 1.48. The number of carbonyl (C=O) groups excluding carboxylic acids is 1. The van der Waals surface area contributed by atoms with Crippen molar-refractivity contribution in [1.82, 2.24) is 4.98 Å². The van der Waals surface area contributed by atoms with Crippen molar-refractivity contribution < 1.29 is 14.3 Å². The second kappa shape index (κ2) is 6.88. The molecule has 0 unspecified atom stereocenters. The molecule has 0 saturated carbocycles. The van der Waals surface area contributed by atoms with Crippen molar-refractivity contribution >= 4 is 11.6 Å². The number of aromatic nitrogens is 1. The summed E-state index contributed by atoms with van der Waals surface area (Å²) in [6.07, 6.45) is 3.34. The van der Waals surface area contributed by atoms with E-state index >= 15 is 0 Å². The summed E-state index contributed by atoms with van der Waals surface area (Å²) in [4.78, 5) is 18.5. The van der Waals surface area contributed by atoms with E-state index in [0.717, 1.165) is 28.1 Å². The van der Waals surface area contributed by atoms with E-state index in [-0.39, 0.29) is 5.91 Å². The van der Waals surface area contributed by atoms with E-state index in [9.17, 15) is 4.79 Å². The molecule has 2 aromatic carbocycles. The number of carbonyl (C=O) groups is 1. The van der Waals surface area contributed by atoms with Crippen molar-refractivity contribution in [2.24, 2.45) is 0 Å². The first-order valence-electron chi connectivity index (χ1n) is 8.35. The molecule has 0 atom stereocenters. The smallest absolute Gasteiger partial charge is 0.258 e. The van der Waals surface area contributed by atoms with Crippen molar-refractivity contribution in [2.45, 2.75) is 13.2 Å². The Kier molecular flexibility index (Phi) is 4.27. The van der Waals surface area contributed by atoms with Crippen LogP contribution in [0, 0.1) is 0 Å². The number of nitrogens with zero attached hydrogens (tertiary/aromatic N) is 2. The van der Waals surface area contributed by atoms with E-state index in [1.807, 2.05) is 54.6 Å². The minimum Gasteiger partial charge on any atom is -0.497 e. The van der Waals surface area contributed by atoms with E-state index in [1.165, 1.54) is 0 Å². The van der Waals surface area contributed by atoms with Gasteiger partial charge in [-0.25, -0.2) is 0 Å². The molecule has 1 amide bonds. The van der Waals surface area contributed by atoms with Crippen molar-refractivity contribution in [3.63, 3.8) is 0 Å². The number of benzene rings is 2. The number of ether oxygens (including phenoxy) is 2. The highest BCUT2D eigenvalue weighted by Gasteiger charge is 2.28. The molecule has 0 N–H and O–H groups in total. The Morgan fingerprint density at radius 2 is 1.85 bits per heavy atom. The molecule has 3 aromatic rings. The molecule has 1 aliphatic heterocycles. The predicted octanol–water partition coefficient (Wildman–Crippen LogP) is 3.83. The first kappa shape index (κ1) is 16.1. The molecule has 0 bridgehead atoms. The zero-order valence-electron chi connectivity index (χ0n) is 14.4. The molecule has 5 heteroatoms. The van der Waals surface area contributed by atoms with Crippen LogP contribution in [0.5, 0.6) is 11.5 Å². The highest BCUT2D eigenvalue weighted by Crippen LogP contribution is 2.29. The number of anilines is 1. The molecule has 0 radical (unpaired) electrons. The van der Waals surface area contributed by atoms with Crippen LogP contribution in [0.1, 0.15) is 21.5 Å². The zero-order chi connectivity index (χ0) is 17.9. The fourth-order valence-corrected chi connectivity index (χ4v) is 2.99. The topological polar surface area (TPSA) is 51.7 Å². The molecular weight excluding hydrogens is 328 g/mol. The molecule has 5 nitrogen and oxygen atoms in total. The van der Waals surface area contributed by atoms with Gasteiger partial charge in [0, 0.05) is 11.6 Å². The number of amides is 1. The molecule has 2 heterocycles.